The molecule has 1 aromatic rings. The molecule has 0 bridgehead atoms. The molecule has 2 aliphatic rings. The fourth-order valence-corrected chi connectivity index (χ4v) is 2.83. The van der Waals surface area contributed by atoms with Gasteiger partial charge < -0.3 is 0 Å². The molecule has 2 unspecified atom stereocenters. The van der Waals surface area contributed by atoms with Gasteiger partial charge in [-0.25, -0.2) is 30.2 Å². The number of fused-ring (bicyclic) bond motifs is 1. The van der Waals surface area contributed by atoms with E-state index in [2.05, 4.69) is 62.8 Å². The SMILES string of the molecule is CC1[CH-]C2=CC=CCC2C1.CCC[c-]1cccc1.[Zr+2]. The quantitative estimate of drug-likeness (QED) is 0.662. The number of aryl methyl sites for hydroxylation is 1. The van der Waals surface area contributed by atoms with Crippen LogP contribution in [0.5, 0.6) is 0 Å². The van der Waals surface area contributed by atoms with Gasteiger partial charge in [-0.1, -0.05) is 39.0 Å². The van der Waals surface area contributed by atoms with E-state index < -0.39 is 0 Å². The Hall–Kier alpha value is -0.417. The first kappa shape index (κ1) is 16.6. The molecule has 0 heterocycles. The number of rotatable bonds is 2. The average Bonchev–Trinajstić information content (AvgIpc) is 2.98. The monoisotopic (exact) mass is 330 g/mol. The maximum absolute atomic E-state index is 2.41. The minimum atomic E-state index is 0. The minimum Gasteiger partial charge on any atom is -0.224 e. The average molecular weight is 332 g/mol. The molecule has 1 saturated carbocycles. The summed E-state index contributed by atoms with van der Waals surface area (Å²) in [6.45, 7) is 4.51. The van der Waals surface area contributed by atoms with Crippen LogP contribution in [0.2, 0.25) is 0 Å². The second-order valence-electron chi connectivity index (χ2n) is 5.45. The largest absolute Gasteiger partial charge is 2.00 e. The third-order valence-corrected chi connectivity index (χ3v) is 3.72. The van der Waals surface area contributed by atoms with Gasteiger partial charge in [0.2, 0.25) is 0 Å². The summed E-state index contributed by atoms with van der Waals surface area (Å²) < 4.78 is 0. The van der Waals surface area contributed by atoms with Crippen LogP contribution in [-0.4, -0.2) is 0 Å². The Kier molecular flexibility index (Phi) is 7.61. The van der Waals surface area contributed by atoms with Crippen LogP contribution in [0.1, 0.15) is 38.7 Å². The first-order valence-electron chi connectivity index (χ1n) is 7.21. The molecule has 1 heteroatoms. The molecule has 0 N–H and O–H groups in total. The number of hydrogen-bond donors (Lipinski definition) is 0. The smallest absolute Gasteiger partial charge is 0.224 e. The fourth-order valence-electron chi connectivity index (χ4n) is 2.83. The van der Waals surface area contributed by atoms with Crippen molar-refractivity contribution in [3.63, 3.8) is 0 Å². The van der Waals surface area contributed by atoms with Gasteiger partial charge in [-0.2, -0.15) is 17.7 Å². The van der Waals surface area contributed by atoms with Crippen molar-refractivity contribution in [1.82, 2.24) is 0 Å². The Balaban J connectivity index is 0.000000185. The summed E-state index contributed by atoms with van der Waals surface area (Å²) in [7, 11) is 0. The van der Waals surface area contributed by atoms with E-state index in [-0.39, 0.29) is 26.2 Å². The maximum atomic E-state index is 2.41. The van der Waals surface area contributed by atoms with Gasteiger partial charge >= 0.3 is 26.2 Å². The van der Waals surface area contributed by atoms with Gasteiger partial charge in [0.25, 0.3) is 0 Å². The van der Waals surface area contributed by atoms with E-state index in [4.69, 9.17) is 0 Å². The molecule has 2 aliphatic carbocycles. The first-order valence-corrected chi connectivity index (χ1v) is 7.21. The Morgan fingerprint density at radius 2 is 2.05 bits per heavy atom. The predicted molar refractivity (Wildman–Crippen MR) is 79.4 cm³/mol. The molecule has 0 aromatic heterocycles. The Morgan fingerprint density at radius 1 is 1.32 bits per heavy atom. The van der Waals surface area contributed by atoms with Crippen molar-refractivity contribution in [3.05, 3.63) is 60.1 Å². The second kappa shape index (κ2) is 8.69. The van der Waals surface area contributed by atoms with Crippen LogP contribution in [-0.2, 0) is 32.6 Å². The van der Waals surface area contributed by atoms with Gasteiger partial charge in [-0.15, -0.1) is 12.2 Å². The van der Waals surface area contributed by atoms with Crippen molar-refractivity contribution < 1.29 is 26.2 Å². The molecule has 19 heavy (non-hydrogen) atoms. The molecule has 0 saturated heterocycles. The summed E-state index contributed by atoms with van der Waals surface area (Å²) >= 11 is 0. The van der Waals surface area contributed by atoms with Crippen molar-refractivity contribution in [3.8, 4) is 0 Å². The molecule has 0 nitrogen and oxygen atoms in total. The normalized spacial score (nSPS) is 23.4. The van der Waals surface area contributed by atoms with E-state index in [9.17, 15) is 0 Å². The van der Waals surface area contributed by atoms with Gasteiger partial charge in [0, 0.05) is 0 Å². The number of allylic oxidation sites excluding steroid dienone is 4. The van der Waals surface area contributed by atoms with Gasteiger partial charge in [-0.3, -0.25) is 0 Å². The van der Waals surface area contributed by atoms with Crippen LogP contribution in [0, 0.1) is 18.3 Å². The van der Waals surface area contributed by atoms with E-state index in [1.807, 2.05) is 0 Å². The predicted octanol–water partition coefficient (Wildman–Crippen LogP) is 5.09. The molecular formula is C18H24Zr. The van der Waals surface area contributed by atoms with Crippen LogP contribution in [0.25, 0.3) is 0 Å². The van der Waals surface area contributed by atoms with Crippen molar-refractivity contribution in [2.75, 3.05) is 0 Å². The summed E-state index contributed by atoms with van der Waals surface area (Å²) in [6, 6.07) is 8.52. The van der Waals surface area contributed by atoms with Gasteiger partial charge in [-0.05, 0) is 12.3 Å². The standard InChI is InChI=1S/C10H13.C8H11.Zr/c1-8-6-9-4-2-3-5-10(9)7-8;1-2-5-8-6-3-4-7-8;/h2-4,6,8,10H,5,7H2,1H3;3-4,6-7H,2,5H2,1H3;/q2*-1;+2. The molecule has 1 fully saturated rings. The van der Waals surface area contributed by atoms with E-state index in [0.29, 0.717) is 0 Å². The van der Waals surface area contributed by atoms with E-state index in [0.717, 1.165) is 11.8 Å². The molecule has 0 aliphatic heterocycles. The van der Waals surface area contributed by atoms with Crippen molar-refractivity contribution in [1.29, 1.82) is 0 Å². The van der Waals surface area contributed by atoms with Crippen molar-refractivity contribution >= 4 is 0 Å². The van der Waals surface area contributed by atoms with Crippen molar-refractivity contribution in [2.45, 2.75) is 39.5 Å². The van der Waals surface area contributed by atoms with E-state index >= 15 is 0 Å². The van der Waals surface area contributed by atoms with E-state index in [1.54, 1.807) is 5.57 Å². The topological polar surface area (TPSA) is 0 Å². The summed E-state index contributed by atoms with van der Waals surface area (Å²) in [5.74, 6) is 1.68. The van der Waals surface area contributed by atoms with Gasteiger partial charge in [0.05, 0.1) is 0 Å². The Labute approximate surface area is 137 Å². The van der Waals surface area contributed by atoms with Crippen LogP contribution in [0.15, 0.2) is 48.1 Å². The van der Waals surface area contributed by atoms with Crippen molar-refractivity contribution in [2.24, 2.45) is 11.8 Å². The Bertz CT molecular complexity index is 397. The molecule has 0 spiro atoms. The first-order chi connectivity index (χ1) is 8.79. The zero-order valence-electron chi connectivity index (χ0n) is 12.1. The molecule has 3 rings (SSSR count). The molecule has 0 amide bonds. The zero-order valence-corrected chi connectivity index (χ0v) is 14.6. The molecule has 1 aromatic carbocycles. The third-order valence-electron chi connectivity index (χ3n) is 3.72. The van der Waals surface area contributed by atoms with Gasteiger partial charge in [0.1, 0.15) is 0 Å². The molecule has 2 atom stereocenters. The zero-order chi connectivity index (χ0) is 12.8. The summed E-state index contributed by atoms with van der Waals surface area (Å²) in [5, 5.41) is 0. The van der Waals surface area contributed by atoms with E-state index in [1.165, 1.54) is 31.2 Å². The fraction of sp³-hybridized carbons (Fsp3) is 0.444. The van der Waals surface area contributed by atoms with Crippen LogP contribution >= 0.6 is 0 Å². The summed E-state index contributed by atoms with van der Waals surface area (Å²) in [4.78, 5) is 0. The number of hydrogen-bond acceptors (Lipinski definition) is 0. The Morgan fingerprint density at radius 3 is 2.68 bits per heavy atom. The van der Waals surface area contributed by atoms with Crippen LogP contribution < -0.4 is 0 Å². The second-order valence-corrected chi connectivity index (χ2v) is 5.45. The minimum absolute atomic E-state index is 0. The molecule has 0 radical (unpaired) electrons. The van der Waals surface area contributed by atoms with Crippen LogP contribution in [0.3, 0.4) is 0 Å². The molecule has 100 valence electrons. The maximum Gasteiger partial charge on any atom is 2.00 e. The summed E-state index contributed by atoms with van der Waals surface area (Å²) in [6.07, 6.45) is 14.3. The summed E-state index contributed by atoms with van der Waals surface area (Å²) in [5.41, 5.74) is 3.04. The molecular weight excluding hydrogens is 307 g/mol. The van der Waals surface area contributed by atoms with Gasteiger partial charge in [0.15, 0.2) is 0 Å². The van der Waals surface area contributed by atoms with Crippen LogP contribution in [0.4, 0.5) is 0 Å². The third kappa shape index (κ3) is 5.23.